The first-order valence-corrected chi connectivity index (χ1v) is 6.67. The summed E-state index contributed by atoms with van der Waals surface area (Å²) in [4.78, 5) is 10.5. The first kappa shape index (κ1) is 13.4. The van der Waals surface area contributed by atoms with E-state index in [1.165, 1.54) is 6.42 Å². The fourth-order valence-electron chi connectivity index (χ4n) is 3.19. The average molecular weight is 249 g/mol. The van der Waals surface area contributed by atoms with Crippen LogP contribution < -0.4 is 0 Å². The number of aromatic nitrogens is 2. The van der Waals surface area contributed by atoms with Crippen LogP contribution in [0.25, 0.3) is 0 Å². The second-order valence-corrected chi connectivity index (χ2v) is 5.73. The molecule has 0 aromatic carbocycles. The van der Waals surface area contributed by atoms with Gasteiger partial charge in [0.1, 0.15) is 6.10 Å². The molecule has 2 rings (SSSR count). The Morgan fingerprint density at radius 3 is 2.78 bits per heavy atom. The lowest BCUT2D eigenvalue weighted by atomic mass is 9.71. The minimum Gasteiger partial charge on any atom is -0.385 e. The van der Waals surface area contributed by atoms with Gasteiger partial charge in [-0.15, -0.1) is 0 Å². The second kappa shape index (κ2) is 5.33. The monoisotopic (exact) mass is 249 g/mol. The zero-order valence-corrected chi connectivity index (χ0v) is 11.5. The molecule has 1 aliphatic carbocycles. The SMILES string of the molecule is CC1CCCC(C(O)c2cnccn2)(N(C)C)C1. The molecule has 3 unspecified atom stereocenters. The van der Waals surface area contributed by atoms with E-state index in [4.69, 9.17) is 0 Å². The van der Waals surface area contributed by atoms with Gasteiger partial charge in [-0.3, -0.25) is 9.97 Å². The number of aliphatic hydroxyl groups excluding tert-OH is 1. The zero-order valence-electron chi connectivity index (χ0n) is 11.5. The Balaban J connectivity index is 2.30. The van der Waals surface area contributed by atoms with Crippen molar-refractivity contribution in [2.75, 3.05) is 14.1 Å². The smallest absolute Gasteiger partial charge is 0.116 e. The molecule has 1 aromatic heterocycles. The third-order valence-electron chi connectivity index (χ3n) is 4.27. The van der Waals surface area contributed by atoms with Gasteiger partial charge < -0.3 is 10.0 Å². The van der Waals surface area contributed by atoms with E-state index in [1.54, 1.807) is 18.6 Å². The molecule has 1 N–H and O–H groups in total. The molecular weight excluding hydrogens is 226 g/mol. The Kier molecular flexibility index (Phi) is 3.97. The minimum atomic E-state index is -0.566. The topological polar surface area (TPSA) is 49.3 Å². The summed E-state index contributed by atoms with van der Waals surface area (Å²) >= 11 is 0. The molecule has 0 amide bonds. The third kappa shape index (κ3) is 2.40. The second-order valence-electron chi connectivity index (χ2n) is 5.73. The van der Waals surface area contributed by atoms with Crippen LogP contribution in [-0.4, -0.2) is 39.6 Å². The van der Waals surface area contributed by atoms with Gasteiger partial charge in [0.2, 0.25) is 0 Å². The molecule has 3 atom stereocenters. The molecular formula is C14H23N3O. The molecule has 4 nitrogen and oxygen atoms in total. The highest BCUT2D eigenvalue weighted by molar-refractivity contribution is 5.10. The summed E-state index contributed by atoms with van der Waals surface area (Å²) in [7, 11) is 4.11. The lowest BCUT2D eigenvalue weighted by Crippen LogP contribution is -2.52. The van der Waals surface area contributed by atoms with E-state index in [-0.39, 0.29) is 5.54 Å². The lowest BCUT2D eigenvalue weighted by molar-refractivity contribution is -0.0472. The van der Waals surface area contributed by atoms with Crippen molar-refractivity contribution in [2.24, 2.45) is 5.92 Å². The molecule has 1 fully saturated rings. The summed E-state index contributed by atoms with van der Waals surface area (Å²) in [6.45, 7) is 2.26. The average Bonchev–Trinajstić information content (AvgIpc) is 2.38. The van der Waals surface area contributed by atoms with Crippen LogP contribution in [0.5, 0.6) is 0 Å². The van der Waals surface area contributed by atoms with Gasteiger partial charge >= 0.3 is 0 Å². The Morgan fingerprint density at radius 1 is 1.44 bits per heavy atom. The lowest BCUT2D eigenvalue weighted by Gasteiger charge is -2.47. The summed E-state index contributed by atoms with van der Waals surface area (Å²) in [5, 5.41) is 10.7. The molecule has 0 radical (unpaired) electrons. The molecule has 100 valence electrons. The van der Waals surface area contributed by atoms with Crippen LogP contribution in [-0.2, 0) is 0 Å². The normalized spacial score (nSPS) is 30.4. The fraction of sp³-hybridized carbons (Fsp3) is 0.714. The minimum absolute atomic E-state index is 0.201. The van der Waals surface area contributed by atoms with Crippen LogP contribution in [0.3, 0.4) is 0 Å². The van der Waals surface area contributed by atoms with Gasteiger partial charge in [-0.2, -0.15) is 0 Å². The van der Waals surface area contributed by atoms with Crippen molar-refractivity contribution < 1.29 is 5.11 Å². The van der Waals surface area contributed by atoms with Crippen molar-refractivity contribution in [2.45, 2.75) is 44.2 Å². The Bertz CT molecular complexity index is 382. The van der Waals surface area contributed by atoms with Crippen molar-refractivity contribution in [1.29, 1.82) is 0 Å². The molecule has 1 saturated carbocycles. The van der Waals surface area contributed by atoms with Gasteiger partial charge in [-0.25, -0.2) is 0 Å². The maximum Gasteiger partial charge on any atom is 0.116 e. The molecule has 4 heteroatoms. The maximum atomic E-state index is 10.7. The molecule has 0 bridgehead atoms. The van der Waals surface area contributed by atoms with Crippen molar-refractivity contribution in [3.8, 4) is 0 Å². The standard InChI is InChI=1S/C14H23N3O/c1-11-5-4-6-14(9-11,17(2)3)13(18)12-10-15-7-8-16-12/h7-8,10-11,13,18H,4-6,9H2,1-3H3. The number of hydrogen-bond acceptors (Lipinski definition) is 4. The Morgan fingerprint density at radius 2 is 2.22 bits per heavy atom. The summed E-state index contributed by atoms with van der Waals surface area (Å²) < 4.78 is 0. The maximum absolute atomic E-state index is 10.7. The zero-order chi connectivity index (χ0) is 13.2. The molecule has 0 aliphatic heterocycles. The van der Waals surface area contributed by atoms with E-state index >= 15 is 0 Å². The van der Waals surface area contributed by atoms with Crippen LogP contribution >= 0.6 is 0 Å². The van der Waals surface area contributed by atoms with E-state index in [0.29, 0.717) is 11.6 Å². The molecule has 0 spiro atoms. The number of likely N-dealkylation sites (N-methyl/N-ethyl adjacent to an activating group) is 1. The largest absolute Gasteiger partial charge is 0.385 e. The van der Waals surface area contributed by atoms with E-state index in [9.17, 15) is 5.11 Å². The van der Waals surface area contributed by atoms with Crippen LogP contribution in [0.4, 0.5) is 0 Å². The summed E-state index contributed by atoms with van der Waals surface area (Å²) in [6, 6.07) is 0. The highest BCUT2D eigenvalue weighted by Gasteiger charge is 2.44. The van der Waals surface area contributed by atoms with Gasteiger partial charge in [0.05, 0.1) is 17.4 Å². The molecule has 1 heterocycles. The van der Waals surface area contributed by atoms with Gasteiger partial charge in [0.15, 0.2) is 0 Å². The van der Waals surface area contributed by atoms with Gasteiger partial charge in [-0.05, 0) is 32.9 Å². The van der Waals surface area contributed by atoms with E-state index in [2.05, 4.69) is 35.9 Å². The van der Waals surface area contributed by atoms with E-state index < -0.39 is 6.10 Å². The predicted molar refractivity (Wildman–Crippen MR) is 71.0 cm³/mol. The summed E-state index contributed by atoms with van der Waals surface area (Å²) in [5.74, 6) is 0.646. The van der Waals surface area contributed by atoms with Crippen LogP contribution in [0.1, 0.15) is 44.4 Å². The number of nitrogens with zero attached hydrogens (tertiary/aromatic N) is 3. The number of hydrogen-bond donors (Lipinski definition) is 1. The van der Waals surface area contributed by atoms with E-state index in [0.717, 1.165) is 19.3 Å². The van der Waals surface area contributed by atoms with Crippen LogP contribution in [0, 0.1) is 5.92 Å². The van der Waals surface area contributed by atoms with E-state index in [1.807, 2.05) is 0 Å². The van der Waals surface area contributed by atoms with Crippen LogP contribution in [0.15, 0.2) is 18.6 Å². The van der Waals surface area contributed by atoms with Crippen molar-refractivity contribution in [1.82, 2.24) is 14.9 Å². The van der Waals surface area contributed by atoms with Crippen LogP contribution in [0.2, 0.25) is 0 Å². The molecule has 1 aromatic rings. The first-order chi connectivity index (χ1) is 8.56. The summed E-state index contributed by atoms with van der Waals surface area (Å²) in [6.07, 6.45) is 8.84. The third-order valence-corrected chi connectivity index (χ3v) is 4.27. The predicted octanol–water partition coefficient (Wildman–Crippen LogP) is 2.02. The number of rotatable bonds is 3. The van der Waals surface area contributed by atoms with Crippen molar-refractivity contribution >= 4 is 0 Å². The molecule has 0 saturated heterocycles. The number of aliphatic hydroxyl groups is 1. The van der Waals surface area contributed by atoms with Crippen molar-refractivity contribution in [3.63, 3.8) is 0 Å². The Labute approximate surface area is 109 Å². The van der Waals surface area contributed by atoms with Gasteiger partial charge in [0, 0.05) is 12.4 Å². The highest BCUT2D eigenvalue weighted by atomic mass is 16.3. The van der Waals surface area contributed by atoms with Crippen molar-refractivity contribution in [3.05, 3.63) is 24.3 Å². The van der Waals surface area contributed by atoms with Gasteiger partial charge in [-0.1, -0.05) is 19.8 Å². The highest BCUT2D eigenvalue weighted by Crippen LogP contribution is 2.43. The quantitative estimate of drug-likeness (QED) is 0.890. The Hall–Kier alpha value is -1.00. The van der Waals surface area contributed by atoms with Gasteiger partial charge in [0.25, 0.3) is 0 Å². The first-order valence-electron chi connectivity index (χ1n) is 6.67. The fourth-order valence-corrected chi connectivity index (χ4v) is 3.19. The molecule has 1 aliphatic rings. The summed E-state index contributed by atoms with van der Waals surface area (Å²) in [5.41, 5.74) is 0.480. The molecule has 18 heavy (non-hydrogen) atoms.